The van der Waals surface area contributed by atoms with E-state index in [-0.39, 0.29) is 0 Å². The summed E-state index contributed by atoms with van der Waals surface area (Å²) in [6.07, 6.45) is 3.29. The molecule has 0 amide bonds. The highest BCUT2D eigenvalue weighted by Gasteiger charge is 1.97. The fourth-order valence-electron chi connectivity index (χ4n) is 1.26. The molecule has 0 saturated carbocycles. The smallest absolute Gasteiger partial charge is 0.180 e. The van der Waals surface area contributed by atoms with Crippen molar-refractivity contribution in [3.63, 3.8) is 0 Å². The summed E-state index contributed by atoms with van der Waals surface area (Å²) >= 11 is 0. The molecule has 1 aromatic carbocycles. The molecule has 0 unspecified atom stereocenters. The maximum atomic E-state index is 5.53. The van der Waals surface area contributed by atoms with Gasteiger partial charge in [-0.25, -0.2) is 4.68 Å². The maximum absolute atomic E-state index is 5.53. The third-order valence-corrected chi connectivity index (χ3v) is 2.08. The van der Waals surface area contributed by atoms with Crippen molar-refractivity contribution < 1.29 is 9.47 Å². The van der Waals surface area contributed by atoms with E-state index in [1.807, 2.05) is 24.3 Å². The molecule has 1 aromatic heterocycles. The van der Waals surface area contributed by atoms with Crippen molar-refractivity contribution >= 4 is 5.69 Å². The molecule has 0 radical (unpaired) electrons. The van der Waals surface area contributed by atoms with E-state index in [2.05, 4.69) is 5.10 Å². The Kier molecular flexibility index (Phi) is 2.95. The number of methoxy groups -OCH3 is 1. The van der Waals surface area contributed by atoms with Crippen molar-refractivity contribution in [1.29, 1.82) is 0 Å². The second-order valence-corrected chi connectivity index (χ2v) is 3.26. The molecule has 0 aliphatic heterocycles. The zero-order valence-corrected chi connectivity index (χ0v) is 8.96. The van der Waals surface area contributed by atoms with Crippen molar-refractivity contribution in [3.05, 3.63) is 36.7 Å². The van der Waals surface area contributed by atoms with Crippen LogP contribution in [0.3, 0.4) is 0 Å². The van der Waals surface area contributed by atoms with E-state index >= 15 is 0 Å². The van der Waals surface area contributed by atoms with Crippen LogP contribution < -0.4 is 15.2 Å². The average molecular weight is 219 g/mol. The van der Waals surface area contributed by atoms with Crippen LogP contribution in [0.5, 0.6) is 11.5 Å². The van der Waals surface area contributed by atoms with Gasteiger partial charge in [-0.2, -0.15) is 5.10 Å². The molecule has 5 heteroatoms. The highest BCUT2D eigenvalue weighted by atomic mass is 16.5. The van der Waals surface area contributed by atoms with Crippen LogP contribution in [0.25, 0.3) is 0 Å². The van der Waals surface area contributed by atoms with E-state index in [0.29, 0.717) is 12.4 Å². The third kappa shape index (κ3) is 2.44. The number of hydrogen-bond acceptors (Lipinski definition) is 4. The minimum absolute atomic E-state index is 0.337. The van der Waals surface area contributed by atoms with Crippen molar-refractivity contribution in [2.24, 2.45) is 0 Å². The molecule has 1 heterocycles. The third-order valence-electron chi connectivity index (χ3n) is 2.08. The SMILES string of the molecule is COc1ccc(OCn2cc(N)cn2)cc1. The van der Waals surface area contributed by atoms with Gasteiger partial charge in [0.1, 0.15) is 11.5 Å². The van der Waals surface area contributed by atoms with Crippen LogP contribution in [0.2, 0.25) is 0 Å². The Balaban J connectivity index is 1.94. The molecule has 2 N–H and O–H groups in total. The van der Waals surface area contributed by atoms with E-state index in [4.69, 9.17) is 15.2 Å². The van der Waals surface area contributed by atoms with E-state index < -0.39 is 0 Å². The second kappa shape index (κ2) is 4.57. The molecule has 16 heavy (non-hydrogen) atoms. The topological polar surface area (TPSA) is 62.3 Å². The number of nitrogens with two attached hydrogens (primary N) is 1. The minimum atomic E-state index is 0.337. The van der Waals surface area contributed by atoms with Gasteiger partial charge in [-0.15, -0.1) is 0 Å². The summed E-state index contributed by atoms with van der Waals surface area (Å²) in [5.74, 6) is 1.56. The van der Waals surface area contributed by atoms with E-state index in [1.165, 1.54) is 0 Å². The van der Waals surface area contributed by atoms with Gasteiger partial charge in [0.25, 0.3) is 0 Å². The monoisotopic (exact) mass is 219 g/mol. The lowest BCUT2D eigenvalue weighted by molar-refractivity contribution is 0.221. The summed E-state index contributed by atoms with van der Waals surface area (Å²) in [5.41, 5.74) is 6.15. The van der Waals surface area contributed by atoms with Crippen molar-refractivity contribution in [2.45, 2.75) is 6.73 Å². The van der Waals surface area contributed by atoms with Gasteiger partial charge in [0.15, 0.2) is 6.73 Å². The van der Waals surface area contributed by atoms with Gasteiger partial charge in [0.2, 0.25) is 0 Å². The Labute approximate surface area is 93.4 Å². The van der Waals surface area contributed by atoms with Crippen LogP contribution >= 0.6 is 0 Å². The summed E-state index contributed by atoms with van der Waals surface area (Å²) in [6.45, 7) is 0.337. The second-order valence-electron chi connectivity index (χ2n) is 3.26. The first-order valence-electron chi connectivity index (χ1n) is 4.83. The Morgan fingerprint density at radius 3 is 2.50 bits per heavy atom. The van der Waals surface area contributed by atoms with Crippen molar-refractivity contribution in [3.8, 4) is 11.5 Å². The lowest BCUT2D eigenvalue weighted by Gasteiger charge is -2.06. The Morgan fingerprint density at radius 1 is 1.25 bits per heavy atom. The molecule has 2 aromatic rings. The largest absolute Gasteiger partial charge is 0.497 e. The number of hydrogen-bond donors (Lipinski definition) is 1. The zero-order valence-electron chi connectivity index (χ0n) is 8.96. The molecule has 84 valence electrons. The summed E-state index contributed by atoms with van der Waals surface area (Å²) in [5, 5.41) is 4.01. The Bertz CT molecular complexity index is 451. The molecule has 0 fully saturated rings. The summed E-state index contributed by atoms with van der Waals surface area (Å²) < 4.78 is 12.2. The van der Waals surface area contributed by atoms with Gasteiger partial charge >= 0.3 is 0 Å². The van der Waals surface area contributed by atoms with Crippen molar-refractivity contribution in [1.82, 2.24) is 9.78 Å². The molecule has 0 saturated heterocycles. The number of nitrogens with zero attached hydrogens (tertiary/aromatic N) is 2. The normalized spacial score (nSPS) is 10.1. The Morgan fingerprint density at radius 2 is 1.94 bits per heavy atom. The van der Waals surface area contributed by atoms with Crippen LogP contribution in [0.1, 0.15) is 0 Å². The van der Waals surface area contributed by atoms with E-state index in [1.54, 1.807) is 24.2 Å². The van der Waals surface area contributed by atoms with Gasteiger partial charge in [0, 0.05) is 0 Å². The minimum Gasteiger partial charge on any atom is -0.497 e. The number of anilines is 1. The quantitative estimate of drug-likeness (QED) is 0.846. The van der Waals surface area contributed by atoms with Crippen LogP contribution in [0.4, 0.5) is 5.69 Å². The summed E-state index contributed by atoms with van der Waals surface area (Å²) in [6, 6.07) is 7.36. The lowest BCUT2D eigenvalue weighted by Crippen LogP contribution is -2.05. The van der Waals surface area contributed by atoms with Gasteiger partial charge < -0.3 is 15.2 Å². The van der Waals surface area contributed by atoms with Gasteiger partial charge in [0.05, 0.1) is 25.2 Å². The van der Waals surface area contributed by atoms with Crippen LogP contribution in [-0.2, 0) is 6.73 Å². The Hall–Kier alpha value is -2.17. The number of benzene rings is 1. The first-order valence-corrected chi connectivity index (χ1v) is 4.83. The maximum Gasteiger partial charge on any atom is 0.180 e. The van der Waals surface area contributed by atoms with Crippen molar-refractivity contribution in [2.75, 3.05) is 12.8 Å². The molecular formula is C11H13N3O2. The van der Waals surface area contributed by atoms with Gasteiger partial charge in [-0.1, -0.05) is 0 Å². The number of nitrogen functional groups attached to an aromatic ring is 1. The van der Waals surface area contributed by atoms with E-state index in [0.717, 1.165) is 11.5 Å². The standard InChI is InChI=1S/C11H13N3O2/c1-15-10-2-4-11(5-3-10)16-8-14-7-9(12)6-13-14/h2-7H,8,12H2,1H3. The highest BCUT2D eigenvalue weighted by molar-refractivity contribution is 5.31. The molecular weight excluding hydrogens is 206 g/mol. The lowest BCUT2D eigenvalue weighted by atomic mass is 10.3. The predicted octanol–water partition coefficient (Wildman–Crippen LogP) is 1.51. The molecule has 2 rings (SSSR count). The fraction of sp³-hybridized carbons (Fsp3) is 0.182. The highest BCUT2D eigenvalue weighted by Crippen LogP contribution is 2.17. The summed E-state index contributed by atoms with van der Waals surface area (Å²) in [4.78, 5) is 0. The molecule has 0 spiro atoms. The first kappa shape index (κ1) is 10.4. The first-order chi connectivity index (χ1) is 7.78. The molecule has 0 aliphatic rings. The van der Waals surface area contributed by atoms with Crippen LogP contribution in [0, 0.1) is 0 Å². The summed E-state index contributed by atoms with van der Waals surface area (Å²) in [7, 11) is 1.63. The number of aromatic nitrogens is 2. The van der Waals surface area contributed by atoms with Crippen LogP contribution in [-0.4, -0.2) is 16.9 Å². The van der Waals surface area contributed by atoms with E-state index in [9.17, 15) is 0 Å². The average Bonchev–Trinajstić information content (AvgIpc) is 2.73. The predicted molar refractivity (Wildman–Crippen MR) is 60.3 cm³/mol. The number of ether oxygens (including phenoxy) is 2. The zero-order chi connectivity index (χ0) is 11.4. The van der Waals surface area contributed by atoms with Gasteiger partial charge in [-0.05, 0) is 24.3 Å². The number of rotatable bonds is 4. The van der Waals surface area contributed by atoms with Gasteiger partial charge in [-0.3, -0.25) is 0 Å². The molecule has 5 nitrogen and oxygen atoms in total. The molecule has 0 bridgehead atoms. The van der Waals surface area contributed by atoms with Crippen LogP contribution in [0.15, 0.2) is 36.7 Å². The fourth-order valence-corrected chi connectivity index (χ4v) is 1.26. The molecule has 0 aliphatic carbocycles. The molecule has 0 atom stereocenters.